The Hall–Kier alpha value is -2.65. The highest BCUT2D eigenvalue weighted by molar-refractivity contribution is 7.89. The Morgan fingerprint density at radius 3 is 2.40 bits per heavy atom. The van der Waals surface area contributed by atoms with Gasteiger partial charge in [0.25, 0.3) is 0 Å². The molecule has 160 valence electrons. The van der Waals surface area contributed by atoms with Crippen molar-refractivity contribution in [1.29, 1.82) is 0 Å². The molecule has 1 N–H and O–H groups in total. The lowest BCUT2D eigenvalue weighted by molar-refractivity contribution is -0.155. The van der Waals surface area contributed by atoms with Crippen LogP contribution in [0, 0.1) is 0 Å². The summed E-state index contributed by atoms with van der Waals surface area (Å²) >= 11 is 0. The van der Waals surface area contributed by atoms with E-state index in [0.29, 0.717) is 12.0 Å². The smallest absolute Gasteiger partial charge is 0.351 e. The van der Waals surface area contributed by atoms with Crippen molar-refractivity contribution in [2.75, 3.05) is 6.54 Å². The maximum Gasteiger partial charge on any atom is 0.452 e. The molecule has 9 heteroatoms. The first-order valence-corrected chi connectivity index (χ1v) is 10.8. The van der Waals surface area contributed by atoms with E-state index in [1.54, 1.807) is 13.0 Å². The molecular weight excluding hydrogens is 417 g/mol. The molecule has 2 aromatic carbocycles. The molecule has 0 amide bonds. The Morgan fingerprint density at radius 2 is 1.80 bits per heavy atom. The van der Waals surface area contributed by atoms with Crippen LogP contribution in [0.2, 0.25) is 0 Å². The van der Waals surface area contributed by atoms with Gasteiger partial charge in [-0.1, -0.05) is 61.5 Å². The van der Waals surface area contributed by atoms with Crippen molar-refractivity contribution < 1.29 is 26.1 Å². The molecule has 0 spiro atoms. The number of benzene rings is 2. The summed E-state index contributed by atoms with van der Waals surface area (Å²) in [4.78, 5) is 0.0133. The summed E-state index contributed by atoms with van der Waals surface area (Å²) < 4.78 is 71.2. The molecule has 1 aromatic heterocycles. The minimum absolute atomic E-state index is 0.0133. The SMILES string of the molecule is CCc1ccc(-c2cc(C(F)(F)F)on2)cc1S(=O)(=O)NC[C@@H](C)c1ccccc1. The van der Waals surface area contributed by atoms with E-state index in [2.05, 4.69) is 14.4 Å². The van der Waals surface area contributed by atoms with Gasteiger partial charge in [0.1, 0.15) is 5.69 Å². The molecule has 5 nitrogen and oxygen atoms in total. The quantitative estimate of drug-likeness (QED) is 0.563. The molecule has 0 bridgehead atoms. The lowest BCUT2D eigenvalue weighted by Gasteiger charge is -2.15. The molecule has 1 heterocycles. The third kappa shape index (κ3) is 4.91. The second-order valence-electron chi connectivity index (χ2n) is 6.91. The highest BCUT2D eigenvalue weighted by Crippen LogP contribution is 2.33. The molecule has 0 fully saturated rings. The van der Waals surface area contributed by atoms with Gasteiger partial charge < -0.3 is 4.52 Å². The second-order valence-corrected chi connectivity index (χ2v) is 8.65. The van der Waals surface area contributed by atoms with Crippen LogP contribution in [0.3, 0.4) is 0 Å². The zero-order valence-electron chi connectivity index (χ0n) is 16.4. The lowest BCUT2D eigenvalue weighted by atomic mass is 10.0. The molecule has 1 atom stereocenters. The Morgan fingerprint density at radius 1 is 1.10 bits per heavy atom. The number of rotatable bonds is 7. The molecule has 0 saturated carbocycles. The number of aryl methyl sites for hydroxylation is 1. The van der Waals surface area contributed by atoms with Crippen molar-refractivity contribution in [2.45, 2.75) is 37.3 Å². The third-order valence-corrected chi connectivity index (χ3v) is 6.28. The van der Waals surface area contributed by atoms with Gasteiger partial charge in [0.2, 0.25) is 15.8 Å². The molecule has 0 aliphatic rings. The average molecular weight is 438 g/mol. The second kappa shape index (κ2) is 8.61. The highest BCUT2D eigenvalue weighted by atomic mass is 32.2. The van der Waals surface area contributed by atoms with E-state index in [1.807, 2.05) is 37.3 Å². The monoisotopic (exact) mass is 438 g/mol. The molecule has 3 rings (SSSR count). The standard InChI is InChI=1S/C21H21F3N2O3S/c1-3-15-9-10-17(18-12-20(29-26-18)21(22,23)24)11-19(15)30(27,28)25-13-14(2)16-7-5-4-6-8-16/h4-12,14,25H,3,13H2,1-2H3/t14-/m1/s1. The van der Waals surface area contributed by atoms with Gasteiger partial charge in [0.15, 0.2) is 0 Å². The first-order chi connectivity index (χ1) is 14.1. The van der Waals surface area contributed by atoms with Crippen LogP contribution in [-0.4, -0.2) is 20.1 Å². The fraction of sp³-hybridized carbons (Fsp3) is 0.286. The van der Waals surface area contributed by atoms with Gasteiger partial charge in [-0.25, -0.2) is 13.1 Å². The van der Waals surface area contributed by atoms with Gasteiger partial charge in [-0.15, -0.1) is 0 Å². The van der Waals surface area contributed by atoms with Crippen molar-refractivity contribution in [3.05, 3.63) is 71.5 Å². The summed E-state index contributed by atoms with van der Waals surface area (Å²) in [5, 5.41) is 3.44. The average Bonchev–Trinajstić information content (AvgIpc) is 3.23. The Labute approximate surface area is 173 Å². The van der Waals surface area contributed by atoms with Crippen molar-refractivity contribution >= 4 is 10.0 Å². The Balaban J connectivity index is 1.88. The number of aromatic nitrogens is 1. The number of hydrogen-bond donors (Lipinski definition) is 1. The lowest BCUT2D eigenvalue weighted by Crippen LogP contribution is -2.28. The van der Waals surface area contributed by atoms with E-state index in [9.17, 15) is 21.6 Å². The van der Waals surface area contributed by atoms with E-state index >= 15 is 0 Å². The maximum absolute atomic E-state index is 13.0. The third-order valence-electron chi connectivity index (χ3n) is 4.77. The van der Waals surface area contributed by atoms with Gasteiger partial charge in [-0.05, 0) is 29.5 Å². The highest BCUT2D eigenvalue weighted by Gasteiger charge is 2.36. The van der Waals surface area contributed by atoms with E-state index < -0.39 is 22.0 Å². The Kier molecular flexibility index (Phi) is 6.33. The molecule has 3 aromatic rings. The number of hydrogen-bond acceptors (Lipinski definition) is 4. The summed E-state index contributed by atoms with van der Waals surface area (Å²) in [6.07, 6.45) is -4.23. The van der Waals surface area contributed by atoms with Gasteiger partial charge in [-0.3, -0.25) is 0 Å². The summed E-state index contributed by atoms with van der Waals surface area (Å²) in [6.45, 7) is 3.89. The molecule has 0 saturated heterocycles. The zero-order valence-corrected chi connectivity index (χ0v) is 17.2. The van der Waals surface area contributed by atoms with Crippen LogP contribution in [0.1, 0.15) is 36.7 Å². The summed E-state index contributed by atoms with van der Waals surface area (Å²) in [5.74, 6) is -1.30. The van der Waals surface area contributed by atoms with Crippen LogP contribution in [0.5, 0.6) is 0 Å². The van der Waals surface area contributed by atoms with Crippen molar-refractivity contribution in [3.63, 3.8) is 0 Å². The van der Waals surface area contributed by atoms with Crippen molar-refractivity contribution in [1.82, 2.24) is 9.88 Å². The van der Waals surface area contributed by atoms with Crippen LogP contribution in [0.25, 0.3) is 11.3 Å². The molecular formula is C21H21F3N2O3S. The molecule has 0 aliphatic heterocycles. The molecule has 0 radical (unpaired) electrons. The van der Waals surface area contributed by atoms with Gasteiger partial charge in [0, 0.05) is 18.2 Å². The van der Waals surface area contributed by atoms with Crippen LogP contribution < -0.4 is 4.72 Å². The summed E-state index contributed by atoms with van der Waals surface area (Å²) in [7, 11) is -3.89. The summed E-state index contributed by atoms with van der Waals surface area (Å²) in [6, 6.07) is 14.7. The van der Waals surface area contributed by atoms with Crippen LogP contribution >= 0.6 is 0 Å². The van der Waals surface area contributed by atoms with Crippen LogP contribution in [-0.2, 0) is 22.6 Å². The topological polar surface area (TPSA) is 72.2 Å². The largest absolute Gasteiger partial charge is 0.452 e. The number of alkyl halides is 3. The molecule has 0 unspecified atom stereocenters. The first kappa shape index (κ1) is 22.0. The minimum Gasteiger partial charge on any atom is -0.351 e. The summed E-state index contributed by atoms with van der Waals surface area (Å²) in [5.41, 5.74) is 1.69. The number of sulfonamides is 1. The van der Waals surface area contributed by atoms with E-state index in [0.717, 1.165) is 11.6 Å². The zero-order chi connectivity index (χ0) is 21.9. The van der Waals surface area contributed by atoms with Gasteiger partial charge >= 0.3 is 6.18 Å². The van der Waals surface area contributed by atoms with E-state index in [-0.39, 0.29) is 28.6 Å². The normalized spacial score (nSPS) is 13.4. The minimum atomic E-state index is -4.67. The van der Waals surface area contributed by atoms with Crippen molar-refractivity contribution in [2.24, 2.45) is 0 Å². The van der Waals surface area contributed by atoms with E-state index in [1.165, 1.54) is 12.1 Å². The predicted molar refractivity (Wildman–Crippen MR) is 106 cm³/mol. The maximum atomic E-state index is 13.0. The van der Waals surface area contributed by atoms with Crippen molar-refractivity contribution in [3.8, 4) is 11.3 Å². The predicted octanol–water partition coefficient (Wildman–Crippen LogP) is 5.00. The first-order valence-electron chi connectivity index (χ1n) is 9.33. The number of halogens is 3. The molecule has 0 aliphatic carbocycles. The van der Waals surface area contributed by atoms with Gasteiger partial charge in [-0.2, -0.15) is 13.2 Å². The van der Waals surface area contributed by atoms with Crippen LogP contribution in [0.15, 0.2) is 64.0 Å². The van der Waals surface area contributed by atoms with Gasteiger partial charge in [0.05, 0.1) is 4.90 Å². The Bertz CT molecular complexity index is 1110. The fourth-order valence-electron chi connectivity index (χ4n) is 3.01. The molecule has 30 heavy (non-hydrogen) atoms. The van der Waals surface area contributed by atoms with Crippen LogP contribution in [0.4, 0.5) is 13.2 Å². The number of nitrogens with one attached hydrogen (secondary N) is 1. The fourth-order valence-corrected chi connectivity index (χ4v) is 4.48. The number of nitrogens with zero attached hydrogens (tertiary/aromatic N) is 1. The van der Waals surface area contributed by atoms with E-state index in [4.69, 9.17) is 0 Å².